The molecule has 1 aromatic carbocycles. The molecule has 0 amide bonds. The van der Waals surface area contributed by atoms with Gasteiger partial charge in [0.2, 0.25) is 0 Å². The summed E-state index contributed by atoms with van der Waals surface area (Å²) in [5.41, 5.74) is 1.53. The second-order valence-electron chi connectivity index (χ2n) is 4.69. The average Bonchev–Trinajstić information content (AvgIpc) is 2.26. The monoisotopic (exact) mass is 220 g/mol. The van der Waals surface area contributed by atoms with Crippen LogP contribution < -0.4 is 9.47 Å². The molecule has 0 saturated carbocycles. The van der Waals surface area contributed by atoms with E-state index in [1.54, 1.807) is 13.2 Å². The van der Waals surface area contributed by atoms with E-state index >= 15 is 0 Å². The van der Waals surface area contributed by atoms with Crippen LogP contribution in [0.1, 0.15) is 36.2 Å². The second kappa shape index (κ2) is 3.81. The van der Waals surface area contributed by atoms with E-state index < -0.39 is 0 Å². The molecule has 0 aromatic heterocycles. The Morgan fingerprint density at radius 2 is 2.19 bits per heavy atom. The largest absolute Gasteiger partial charge is 0.493 e. The molecule has 0 spiro atoms. The van der Waals surface area contributed by atoms with Crippen LogP contribution in [-0.2, 0) is 6.42 Å². The summed E-state index contributed by atoms with van der Waals surface area (Å²) in [6.07, 6.45) is 2.70. The van der Waals surface area contributed by atoms with Crippen molar-refractivity contribution in [2.75, 3.05) is 7.11 Å². The van der Waals surface area contributed by atoms with Crippen molar-refractivity contribution in [1.82, 2.24) is 0 Å². The molecule has 1 aromatic rings. The molecule has 3 nitrogen and oxygen atoms in total. The zero-order valence-corrected chi connectivity index (χ0v) is 9.87. The van der Waals surface area contributed by atoms with Crippen molar-refractivity contribution in [3.63, 3.8) is 0 Å². The molecule has 0 saturated heterocycles. The highest BCUT2D eigenvalue weighted by molar-refractivity contribution is 5.77. The van der Waals surface area contributed by atoms with E-state index in [0.29, 0.717) is 11.3 Å². The third-order valence-electron chi connectivity index (χ3n) is 2.88. The lowest BCUT2D eigenvalue weighted by Gasteiger charge is -2.33. The number of fused-ring (bicyclic) bond motifs is 1. The summed E-state index contributed by atoms with van der Waals surface area (Å²) < 4.78 is 11.2. The second-order valence-corrected chi connectivity index (χ2v) is 4.69. The highest BCUT2D eigenvalue weighted by Crippen LogP contribution is 2.40. The fourth-order valence-electron chi connectivity index (χ4n) is 1.97. The summed E-state index contributed by atoms with van der Waals surface area (Å²) in [7, 11) is 1.59. The summed E-state index contributed by atoms with van der Waals surface area (Å²) in [6.45, 7) is 4.12. The zero-order chi connectivity index (χ0) is 11.8. The highest BCUT2D eigenvalue weighted by atomic mass is 16.5. The van der Waals surface area contributed by atoms with Crippen molar-refractivity contribution in [2.24, 2.45) is 0 Å². The molecule has 2 rings (SSSR count). The summed E-state index contributed by atoms with van der Waals surface area (Å²) in [6, 6.07) is 3.59. The van der Waals surface area contributed by atoms with E-state index in [0.717, 1.165) is 30.4 Å². The molecule has 0 radical (unpaired) electrons. The van der Waals surface area contributed by atoms with Gasteiger partial charge in [-0.25, -0.2) is 0 Å². The molecule has 1 heterocycles. The van der Waals surface area contributed by atoms with E-state index in [-0.39, 0.29) is 5.60 Å². The number of carbonyl (C=O) groups excluding carboxylic acids is 1. The van der Waals surface area contributed by atoms with Gasteiger partial charge in [-0.3, -0.25) is 4.79 Å². The Balaban J connectivity index is 2.50. The van der Waals surface area contributed by atoms with Crippen LogP contribution in [0, 0.1) is 0 Å². The van der Waals surface area contributed by atoms with Gasteiger partial charge in [0.15, 0.2) is 11.5 Å². The zero-order valence-electron chi connectivity index (χ0n) is 9.87. The van der Waals surface area contributed by atoms with Crippen molar-refractivity contribution in [3.8, 4) is 11.5 Å². The summed E-state index contributed by atoms with van der Waals surface area (Å²) in [5.74, 6) is 1.43. The van der Waals surface area contributed by atoms with Gasteiger partial charge in [0.05, 0.1) is 7.11 Å². The van der Waals surface area contributed by atoms with Gasteiger partial charge in [-0.05, 0) is 44.4 Å². The van der Waals surface area contributed by atoms with Gasteiger partial charge in [0, 0.05) is 5.56 Å². The van der Waals surface area contributed by atoms with Crippen LogP contribution in [0.15, 0.2) is 12.1 Å². The number of methoxy groups -OCH3 is 1. The Hall–Kier alpha value is -1.51. The maximum absolute atomic E-state index is 10.8. The number of hydrogen-bond donors (Lipinski definition) is 0. The molecule has 0 atom stereocenters. The van der Waals surface area contributed by atoms with Crippen LogP contribution >= 0.6 is 0 Å². The van der Waals surface area contributed by atoms with Gasteiger partial charge >= 0.3 is 0 Å². The van der Waals surface area contributed by atoms with Crippen molar-refractivity contribution >= 4 is 6.29 Å². The van der Waals surface area contributed by atoms with E-state index in [4.69, 9.17) is 9.47 Å². The standard InChI is InChI=1S/C13H16O3/c1-13(2)5-4-10-6-9(8-14)7-11(15-3)12(10)16-13/h6-8H,4-5H2,1-3H3. The quantitative estimate of drug-likeness (QED) is 0.719. The Bertz CT molecular complexity index is 404. The fourth-order valence-corrected chi connectivity index (χ4v) is 1.97. The summed E-state index contributed by atoms with van der Waals surface area (Å²) in [4.78, 5) is 10.8. The maximum atomic E-state index is 10.8. The van der Waals surface area contributed by atoms with E-state index in [2.05, 4.69) is 13.8 Å². The predicted molar refractivity (Wildman–Crippen MR) is 61.4 cm³/mol. The SMILES string of the molecule is COc1cc(C=O)cc2c1OC(C)(C)CC2. The molecule has 16 heavy (non-hydrogen) atoms. The van der Waals surface area contributed by atoms with Gasteiger partial charge in [0.25, 0.3) is 0 Å². The van der Waals surface area contributed by atoms with Gasteiger partial charge in [-0.2, -0.15) is 0 Å². The Morgan fingerprint density at radius 3 is 2.81 bits per heavy atom. The third-order valence-corrected chi connectivity index (χ3v) is 2.88. The number of ether oxygens (including phenoxy) is 2. The fraction of sp³-hybridized carbons (Fsp3) is 0.462. The van der Waals surface area contributed by atoms with E-state index in [1.807, 2.05) is 6.07 Å². The molecule has 0 N–H and O–H groups in total. The van der Waals surface area contributed by atoms with Crippen molar-refractivity contribution in [2.45, 2.75) is 32.3 Å². The molecule has 0 bridgehead atoms. The molecule has 0 aliphatic carbocycles. The number of benzene rings is 1. The van der Waals surface area contributed by atoms with Crippen molar-refractivity contribution < 1.29 is 14.3 Å². The predicted octanol–water partition coefficient (Wildman–Crippen LogP) is 2.61. The Kier molecular flexibility index (Phi) is 2.62. The normalized spacial score (nSPS) is 17.2. The maximum Gasteiger partial charge on any atom is 0.165 e. The lowest BCUT2D eigenvalue weighted by Crippen LogP contribution is -2.32. The van der Waals surface area contributed by atoms with Gasteiger partial charge < -0.3 is 9.47 Å². The number of aryl methyl sites for hydroxylation is 1. The minimum atomic E-state index is -0.164. The first kappa shape index (κ1) is 11.0. The number of hydrogen-bond acceptors (Lipinski definition) is 3. The summed E-state index contributed by atoms with van der Waals surface area (Å²) >= 11 is 0. The van der Waals surface area contributed by atoms with E-state index in [1.165, 1.54) is 0 Å². The van der Waals surface area contributed by atoms with Crippen molar-refractivity contribution in [3.05, 3.63) is 23.3 Å². The molecule has 1 aliphatic rings. The Morgan fingerprint density at radius 1 is 1.44 bits per heavy atom. The molecule has 86 valence electrons. The van der Waals surface area contributed by atoms with Crippen LogP contribution in [-0.4, -0.2) is 19.0 Å². The van der Waals surface area contributed by atoms with Crippen LogP contribution in [0.3, 0.4) is 0 Å². The van der Waals surface area contributed by atoms with Gasteiger partial charge in [-0.15, -0.1) is 0 Å². The minimum absolute atomic E-state index is 0.164. The molecule has 1 aliphatic heterocycles. The van der Waals surface area contributed by atoms with E-state index in [9.17, 15) is 4.79 Å². The topological polar surface area (TPSA) is 35.5 Å². The number of aldehydes is 1. The van der Waals surface area contributed by atoms with Crippen LogP contribution in [0.2, 0.25) is 0 Å². The van der Waals surface area contributed by atoms with Crippen molar-refractivity contribution in [1.29, 1.82) is 0 Å². The number of rotatable bonds is 2. The third kappa shape index (κ3) is 1.90. The first-order chi connectivity index (χ1) is 7.55. The lowest BCUT2D eigenvalue weighted by molar-refractivity contribution is 0.0804. The summed E-state index contributed by atoms with van der Waals surface area (Å²) in [5, 5.41) is 0. The molecule has 3 heteroatoms. The molecular weight excluding hydrogens is 204 g/mol. The van der Waals surface area contributed by atoms with Crippen LogP contribution in [0.4, 0.5) is 0 Å². The Labute approximate surface area is 95.4 Å². The van der Waals surface area contributed by atoms with Gasteiger partial charge in [0.1, 0.15) is 11.9 Å². The number of carbonyl (C=O) groups is 1. The highest BCUT2D eigenvalue weighted by Gasteiger charge is 2.29. The average molecular weight is 220 g/mol. The minimum Gasteiger partial charge on any atom is -0.493 e. The molecule has 0 fully saturated rings. The van der Waals surface area contributed by atoms with Crippen LogP contribution in [0.5, 0.6) is 11.5 Å². The van der Waals surface area contributed by atoms with Gasteiger partial charge in [-0.1, -0.05) is 0 Å². The lowest BCUT2D eigenvalue weighted by atomic mass is 9.93. The molecular formula is C13H16O3. The molecule has 0 unspecified atom stereocenters. The first-order valence-electron chi connectivity index (χ1n) is 5.41. The first-order valence-corrected chi connectivity index (χ1v) is 5.41. The smallest absolute Gasteiger partial charge is 0.165 e. The van der Waals surface area contributed by atoms with Crippen LogP contribution in [0.25, 0.3) is 0 Å².